The number of carbonyl (C=O) groups excluding carboxylic acids is 1. The van der Waals surface area contributed by atoms with E-state index in [4.69, 9.17) is 5.73 Å². The molecule has 0 aliphatic carbocycles. The van der Waals surface area contributed by atoms with Crippen LogP contribution in [0.2, 0.25) is 0 Å². The summed E-state index contributed by atoms with van der Waals surface area (Å²) in [7, 11) is 0. The van der Waals surface area contributed by atoms with Crippen molar-refractivity contribution in [1.29, 1.82) is 0 Å². The van der Waals surface area contributed by atoms with Crippen molar-refractivity contribution >= 4 is 40.6 Å². The molecule has 1 unspecified atom stereocenters. The maximum absolute atomic E-state index is 13.0. The van der Waals surface area contributed by atoms with E-state index >= 15 is 0 Å². The van der Waals surface area contributed by atoms with Crippen molar-refractivity contribution in [2.75, 3.05) is 11.1 Å². The molecule has 2 aromatic rings. The van der Waals surface area contributed by atoms with Gasteiger partial charge in [-0.3, -0.25) is 4.79 Å². The van der Waals surface area contributed by atoms with Crippen LogP contribution in [0.4, 0.5) is 15.8 Å². The van der Waals surface area contributed by atoms with Crippen molar-refractivity contribution < 1.29 is 9.18 Å². The van der Waals surface area contributed by atoms with Gasteiger partial charge in [0.15, 0.2) is 4.34 Å². The minimum atomic E-state index is -0.505. The van der Waals surface area contributed by atoms with Crippen LogP contribution in [0.15, 0.2) is 22.5 Å². The summed E-state index contributed by atoms with van der Waals surface area (Å²) >= 11 is 2.58. The SMILES string of the molecule is Cc1nsc(SC(C)C(=O)Nc2ccc(F)c(N)c2)n1. The van der Waals surface area contributed by atoms with E-state index in [-0.39, 0.29) is 16.8 Å². The Hall–Kier alpha value is -1.67. The summed E-state index contributed by atoms with van der Waals surface area (Å²) in [6, 6.07) is 4.08. The lowest BCUT2D eigenvalue weighted by atomic mass is 10.2. The molecule has 0 radical (unpaired) electrons. The minimum absolute atomic E-state index is 0.00264. The number of rotatable bonds is 4. The van der Waals surface area contributed by atoms with Gasteiger partial charge in [0.2, 0.25) is 5.91 Å². The molecule has 0 spiro atoms. The number of hydrogen-bond acceptors (Lipinski definition) is 6. The summed E-state index contributed by atoms with van der Waals surface area (Å²) in [5.74, 6) is -0.0139. The van der Waals surface area contributed by atoms with Crippen LogP contribution in [-0.4, -0.2) is 20.5 Å². The van der Waals surface area contributed by atoms with Crippen LogP contribution in [0.1, 0.15) is 12.7 Å². The summed E-state index contributed by atoms with van der Waals surface area (Å²) in [6.07, 6.45) is 0. The maximum Gasteiger partial charge on any atom is 0.237 e. The summed E-state index contributed by atoms with van der Waals surface area (Å²) in [6.45, 7) is 3.57. The van der Waals surface area contributed by atoms with Crippen LogP contribution in [0.3, 0.4) is 0 Å². The fraction of sp³-hybridized carbons (Fsp3) is 0.250. The third kappa shape index (κ3) is 3.67. The van der Waals surface area contributed by atoms with Gasteiger partial charge >= 0.3 is 0 Å². The van der Waals surface area contributed by atoms with E-state index in [1.54, 1.807) is 13.8 Å². The standard InChI is InChI=1S/C12H13FN4OS2/c1-6(19-12-15-7(2)17-20-12)11(18)16-8-3-4-9(13)10(14)5-8/h3-6H,14H2,1-2H3,(H,16,18). The number of aromatic nitrogens is 2. The van der Waals surface area contributed by atoms with E-state index in [0.29, 0.717) is 11.5 Å². The second-order valence-electron chi connectivity index (χ2n) is 4.09. The fourth-order valence-corrected chi connectivity index (χ4v) is 3.19. The Morgan fingerprint density at radius 2 is 2.30 bits per heavy atom. The van der Waals surface area contributed by atoms with E-state index in [9.17, 15) is 9.18 Å². The molecule has 1 atom stereocenters. The Kier molecular flexibility index (Phi) is 4.56. The highest BCUT2D eigenvalue weighted by atomic mass is 32.2. The summed E-state index contributed by atoms with van der Waals surface area (Å²) in [5.41, 5.74) is 5.92. The second-order valence-corrected chi connectivity index (χ2v) is 6.43. The zero-order valence-electron chi connectivity index (χ0n) is 10.9. The summed E-state index contributed by atoms with van der Waals surface area (Å²) in [4.78, 5) is 16.2. The lowest BCUT2D eigenvalue weighted by molar-refractivity contribution is -0.115. The molecule has 0 fully saturated rings. The van der Waals surface area contributed by atoms with Crippen molar-refractivity contribution in [3.8, 4) is 0 Å². The first-order chi connectivity index (χ1) is 9.45. The molecule has 8 heteroatoms. The number of hydrogen-bond donors (Lipinski definition) is 2. The number of carbonyl (C=O) groups is 1. The number of amides is 1. The lowest BCUT2D eigenvalue weighted by Crippen LogP contribution is -2.22. The van der Waals surface area contributed by atoms with E-state index in [1.165, 1.54) is 41.5 Å². The molecule has 0 aliphatic rings. The number of nitrogens with one attached hydrogen (secondary N) is 1. The van der Waals surface area contributed by atoms with Gasteiger partial charge in [-0.1, -0.05) is 11.8 Å². The monoisotopic (exact) mass is 312 g/mol. The van der Waals surface area contributed by atoms with E-state index < -0.39 is 5.82 Å². The van der Waals surface area contributed by atoms with Gasteiger partial charge in [-0.2, -0.15) is 4.37 Å². The molecule has 0 saturated carbocycles. The molecule has 106 valence electrons. The smallest absolute Gasteiger partial charge is 0.237 e. The number of halogens is 1. The maximum atomic E-state index is 13.0. The predicted octanol–water partition coefficient (Wildman–Crippen LogP) is 2.69. The van der Waals surface area contributed by atoms with Crippen LogP contribution < -0.4 is 11.1 Å². The topological polar surface area (TPSA) is 80.9 Å². The first-order valence-corrected chi connectivity index (χ1v) is 7.44. The molecule has 1 aromatic heterocycles. The molecular weight excluding hydrogens is 299 g/mol. The first-order valence-electron chi connectivity index (χ1n) is 5.78. The third-order valence-electron chi connectivity index (χ3n) is 2.42. The van der Waals surface area contributed by atoms with Gasteiger partial charge in [0.1, 0.15) is 11.6 Å². The van der Waals surface area contributed by atoms with Gasteiger partial charge in [-0.15, -0.1) is 0 Å². The van der Waals surface area contributed by atoms with Crippen LogP contribution in [0, 0.1) is 12.7 Å². The van der Waals surface area contributed by atoms with Crippen molar-refractivity contribution in [3.05, 3.63) is 29.8 Å². The largest absolute Gasteiger partial charge is 0.396 e. The molecule has 5 nitrogen and oxygen atoms in total. The Balaban J connectivity index is 1.98. The second kappa shape index (κ2) is 6.19. The van der Waals surface area contributed by atoms with Crippen molar-refractivity contribution in [2.45, 2.75) is 23.4 Å². The highest BCUT2D eigenvalue weighted by Crippen LogP contribution is 2.26. The number of aryl methyl sites for hydroxylation is 1. The Bertz CT molecular complexity index is 632. The van der Waals surface area contributed by atoms with Gasteiger partial charge < -0.3 is 11.1 Å². The average molecular weight is 312 g/mol. The average Bonchev–Trinajstić information content (AvgIpc) is 2.79. The molecule has 1 amide bonds. The Labute approximate surface area is 124 Å². The Morgan fingerprint density at radius 1 is 1.55 bits per heavy atom. The van der Waals surface area contributed by atoms with Gasteiger partial charge in [-0.25, -0.2) is 9.37 Å². The molecular formula is C12H13FN4OS2. The summed E-state index contributed by atoms with van der Waals surface area (Å²) < 4.78 is 17.8. The van der Waals surface area contributed by atoms with Crippen LogP contribution in [0.5, 0.6) is 0 Å². The number of nitrogens with two attached hydrogens (primary N) is 1. The van der Waals surface area contributed by atoms with Crippen molar-refractivity contribution in [2.24, 2.45) is 0 Å². The zero-order valence-corrected chi connectivity index (χ0v) is 12.5. The molecule has 0 aliphatic heterocycles. The highest BCUT2D eigenvalue weighted by molar-refractivity contribution is 8.02. The molecule has 1 aromatic carbocycles. The van der Waals surface area contributed by atoms with E-state index in [2.05, 4.69) is 14.7 Å². The van der Waals surface area contributed by atoms with Crippen LogP contribution >= 0.6 is 23.3 Å². The van der Waals surface area contributed by atoms with E-state index in [0.717, 1.165) is 4.34 Å². The number of benzene rings is 1. The van der Waals surface area contributed by atoms with Gasteiger partial charge in [0, 0.05) is 5.69 Å². The first kappa shape index (κ1) is 14.7. The van der Waals surface area contributed by atoms with Gasteiger partial charge in [0.05, 0.1) is 10.9 Å². The molecule has 0 bridgehead atoms. The predicted molar refractivity (Wildman–Crippen MR) is 79.4 cm³/mol. The number of thioether (sulfide) groups is 1. The van der Waals surface area contributed by atoms with Gasteiger partial charge in [-0.05, 0) is 43.6 Å². The molecule has 20 heavy (non-hydrogen) atoms. The fourth-order valence-electron chi connectivity index (χ4n) is 1.40. The molecule has 2 rings (SSSR count). The van der Waals surface area contributed by atoms with Gasteiger partial charge in [0.25, 0.3) is 0 Å². The lowest BCUT2D eigenvalue weighted by Gasteiger charge is -2.10. The number of anilines is 2. The van der Waals surface area contributed by atoms with Crippen molar-refractivity contribution in [1.82, 2.24) is 9.36 Å². The minimum Gasteiger partial charge on any atom is -0.396 e. The van der Waals surface area contributed by atoms with Crippen molar-refractivity contribution in [3.63, 3.8) is 0 Å². The number of nitrogen functional groups attached to an aromatic ring is 1. The highest BCUT2D eigenvalue weighted by Gasteiger charge is 2.17. The van der Waals surface area contributed by atoms with Crippen LogP contribution in [0.25, 0.3) is 0 Å². The van der Waals surface area contributed by atoms with Crippen LogP contribution in [-0.2, 0) is 4.79 Å². The van der Waals surface area contributed by atoms with E-state index in [1.807, 2.05) is 0 Å². The number of nitrogens with zero attached hydrogens (tertiary/aromatic N) is 2. The third-order valence-corrected chi connectivity index (χ3v) is 4.40. The molecule has 3 N–H and O–H groups in total. The Morgan fingerprint density at radius 3 is 2.90 bits per heavy atom. The molecule has 0 saturated heterocycles. The normalized spacial score (nSPS) is 12.2. The summed E-state index contributed by atoms with van der Waals surface area (Å²) in [5, 5.41) is 2.35. The quantitative estimate of drug-likeness (QED) is 0.670. The zero-order chi connectivity index (χ0) is 14.7. The molecule has 1 heterocycles.